The Bertz CT molecular complexity index is 580. The van der Waals surface area contributed by atoms with Gasteiger partial charge in [0.1, 0.15) is 6.61 Å². The number of fused-ring (bicyclic) bond motifs is 1. The predicted octanol–water partition coefficient (Wildman–Crippen LogP) is 3.29. The number of carbonyl (C=O) groups is 3. The van der Waals surface area contributed by atoms with Crippen molar-refractivity contribution in [2.75, 3.05) is 26.4 Å². The van der Waals surface area contributed by atoms with Crippen LogP contribution in [0.1, 0.15) is 72.6 Å². The zero-order chi connectivity index (χ0) is 20.6. The maximum atomic E-state index is 11.2. The molecule has 0 saturated heterocycles. The van der Waals surface area contributed by atoms with Gasteiger partial charge in [-0.25, -0.2) is 9.59 Å². The van der Waals surface area contributed by atoms with Crippen molar-refractivity contribution in [2.45, 2.75) is 51.9 Å². The molecule has 28 heavy (non-hydrogen) atoms. The molecule has 1 heterocycles. The van der Waals surface area contributed by atoms with E-state index in [1.165, 1.54) is 25.7 Å². The lowest BCUT2D eigenvalue weighted by Gasteiger charge is -2.05. The van der Waals surface area contributed by atoms with Crippen LogP contribution in [0.25, 0.3) is 0 Å². The summed E-state index contributed by atoms with van der Waals surface area (Å²) in [4.78, 5) is 32.9. The van der Waals surface area contributed by atoms with Crippen LogP contribution in [-0.2, 0) is 19.0 Å². The molecule has 7 nitrogen and oxygen atoms in total. The van der Waals surface area contributed by atoms with Crippen molar-refractivity contribution in [3.05, 3.63) is 35.4 Å². The van der Waals surface area contributed by atoms with Crippen LogP contribution in [0.2, 0.25) is 0 Å². The van der Waals surface area contributed by atoms with Crippen molar-refractivity contribution < 1.29 is 33.7 Å². The maximum Gasteiger partial charge on any atom is 0.346 e. The van der Waals surface area contributed by atoms with Crippen LogP contribution >= 0.6 is 0 Å². The average molecular weight is 394 g/mol. The summed E-state index contributed by atoms with van der Waals surface area (Å²) in [7, 11) is 0. The molecule has 0 unspecified atom stereocenters. The molecule has 2 rings (SSSR count). The van der Waals surface area contributed by atoms with Gasteiger partial charge in [0, 0.05) is 6.42 Å². The molecule has 156 valence electrons. The van der Waals surface area contributed by atoms with Gasteiger partial charge in [-0.15, -0.1) is 0 Å². The number of hydrogen-bond donors (Lipinski definition) is 1. The van der Waals surface area contributed by atoms with E-state index in [0.717, 1.165) is 12.8 Å². The molecular formula is C21H30O7. The highest BCUT2D eigenvalue weighted by molar-refractivity contribution is 6.14. The number of aliphatic hydroxyl groups is 1. The van der Waals surface area contributed by atoms with Crippen molar-refractivity contribution in [1.29, 1.82) is 0 Å². The van der Waals surface area contributed by atoms with Crippen LogP contribution < -0.4 is 0 Å². The fourth-order valence-electron chi connectivity index (χ4n) is 2.54. The Hall–Kier alpha value is -2.25. The summed E-state index contributed by atoms with van der Waals surface area (Å²) < 4.78 is 14.3. The monoisotopic (exact) mass is 394 g/mol. The molecule has 0 amide bonds. The molecule has 1 N–H and O–H groups in total. The van der Waals surface area contributed by atoms with Gasteiger partial charge in [0.25, 0.3) is 0 Å². The number of esters is 3. The van der Waals surface area contributed by atoms with E-state index < -0.39 is 11.9 Å². The van der Waals surface area contributed by atoms with Crippen molar-refractivity contribution in [3.63, 3.8) is 0 Å². The normalized spacial score (nSPS) is 12.1. The van der Waals surface area contributed by atoms with Crippen LogP contribution in [0.5, 0.6) is 0 Å². The number of unbranched alkanes of at least 4 members (excludes halogenated alkanes) is 5. The second-order valence-corrected chi connectivity index (χ2v) is 6.30. The molecule has 0 saturated carbocycles. The van der Waals surface area contributed by atoms with Gasteiger partial charge in [0.15, 0.2) is 0 Å². The highest BCUT2D eigenvalue weighted by Gasteiger charge is 2.28. The predicted molar refractivity (Wildman–Crippen MR) is 103 cm³/mol. The average Bonchev–Trinajstić information content (AvgIpc) is 2.99. The molecule has 0 fully saturated rings. The molecule has 1 aromatic carbocycles. The van der Waals surface area contributed by atoms with E-state index in [-0.39, 0.29) is 19.2 Å². The first-order valence-electron chi connectivity index (χ1n) is 9.80. The Kier molecular flexibility index (Phi) is 12.5. The zero-order valence-corrected chi connectivity index (χ0v) is 16.5. The van der Waals surface area contributed by atoms with Gasteiger partial charge in [-0.2, -0.15) is 0 Å². The third kappa shape index (κ3) is 9.62. The first kappa shape index (κ1) is 23.8. The molecule has 0 radical (unpaired) electrons. The minimum Gasteiger partial charge on any atom is -0.463 e. The van der Waals surface area contributed by atoms with Crippen LogP contribution in [0.4, 0.5) is 0 Å². The maximum absolute atomic E-state index is 11.2. The fraction of sp³-hybridized carbons (Fsp3) is 0.571. The Morgan fingerprint density at radius 1 is 0.929 bits per heavy atom. The number of aliphatic hydroxyl groups excluding tert-OH is 1. The lowest BCUT2D eigenvalue weighted by atomic mass is 10.1. The lowest BCUT2D eigenvalue weighted by molar-refractivity contribution is -0.145. The molecule has 1 aliphatic rings. The summed E-state index contributed by atoms with van der Waals surface area (Å²) in [6, 6.07) is 6.53. The minimum absolute atomic E-state index is 0.00566. The van der Waals surface area contributed by atoms with Gasteiger partial charge in [-0.1, -0.05) is 51.2 Å². The van der Waals surface area contributed by atoms with Crippen molar-refractivity contribution in [2.24, 2.45) is 0 Å². The Morgan fingerprint density at radius 3 is 2.14 bits per heavy atom. The van der Waals surface area contributed by atoms with Gasteiger partial charge >= 0.3 is 17.9 Å². The van der Waals surface area contributed by atoms with Gasteiger partial charge in [-0.05, 0) is 18.6 Å². The number of carbonyl (C=O) groups excluding carboxylic acids is 3. The molecule has 0 bridgehead atoms. The third-order valence-corrected chi connectivity index (χ3v) is 4.01. The SMILES string of the molecule is CCCCCCCCC(=O)OCCOCCO.O=C1OC(=O)c2ccccc21. The summed E-state index contributed by atoms with van der Waals surface area (Å²) in [5.74, 6) is -1.25. The topological polar surface area (TPSA) is 99.1 Å². The van der Waals surface area contributed by atoms with E-state index >= 15 is 0 Å². The van der Waals surface area contributed by atoms with Gasteiger partial charge in [0.05, 0.1) is 30.9 Å². The molecule has 0 aromatic heterocycles. The van der Waals surface area contributed by atoms with E-state index in [2.05, 4.69) is 11.7 Å². The van der Waals surface area contributed by atoms with E-state index in [9.17, 15) is 14.4 Å². The number of ether oxygens (including phenoxy) is 3. The van der Waals surface area contributed by atoms with Crippen LogP contribution in [-0.4, -0.2) is 49.4 Å². The van der Waals surface area contributed by atoms with Crippen molar-refractivity contribution in [1.82, 2.24) is 0 Å². The fourth-order valence-corrected chi connectivity index (χ4v) is 2.54. The first-order chi connectivity index (χ1) is 13.6. The van der Waals surface area contributed by atoms with Crippen molar-refractivity contribution in [3.8, 4) is 0 Å². The van der Waals surface area contributed by atoms with E-state index in [0.29, 0.717) is 30.8 Å². The number of hydrogen-bond acceptors (Lipinski definition) is 7. The Morgan fingerprint density at radius 2 is 1.54 bits per heavy atom. The number of benzene rings is 1. The minimum atomic E-state index is -0.550. The van der Waals surface area contributed by atoms with E-state index in [4.69, 9.17) is 14.6 Å². The van der Waals surface area contributed by atoms with Crippen molar-refractivity contribution >= 4 is 17.9 Å². The summed E-state index contributed by atoms with van der Waals surface area (Å²) >= 11 is 0. The quantitative estimate of drug-likeness (QED) is 0.330. The molecule has 0 atom stereocenters. The highest BCUT2D eigenvalue weighted by Crippen LogP contribution is 2.18. The Labute approximate surface area is 166 Å². The second kappa shape index (κ2) is 14.8. The summed E-state index contributed by atoms with van der Waals surface area (Å²) in [5, 5.41) is 8.45. The van der Waals surface area contributed by atoms with Crippen LogP contribution in [0.3, 0.4) is 0 Å². The molecule has 1 aromatic rings. The summed E-state index contributed by atoms with van der Waals surface area (Å²) in [5.41, 5.74) is 0.718. The zero-order valence-electron chi connectivity index (χ0n) is 16.5. The molecule has 1 aliphatic heterocycles. The van der Waals surface area contributed by atoms with Gasteiger partial charge in [-0.3, -0.25) is 4.79 Å². The van der Waals surface area contributed by atoms with Crippen LogP contribution in [0, 0.1) is 0 Å². The van der Waals surface area contributed by atoms with E-state index in [1.54, 1.807) is 24.3 Å². The second-order valence-electron chi connectivity index (χ2n) is 6.30. The first-order valence-corrected chi connectivity index (χ1v) is 9.80. The highest BCUT2D eigenvalue weighted by atomic mass is 16.6. The van der Waals surface area contributed by atoms with Gasteiger partial charge < -0.3 is 19.3 Å². The lowest BCUT2D eigenvalue weighted by Crippen LogP contribution is -2.11. The van der Waals surface area contributed by atoms with E-state index in [1.807, 2.05) is 0 Å². The molecule has 0 aliphatic carbocycles. The smallest absolute Gasteiger partial charge is 0.346 e. The molecule has 0 spiro atoms. The third-order valence-electron chi connectivity index (χ3n) is 4.01. The standard InChI is InChI=1S/C13H26O4.C8H4O3/c1-2-3-4-5-6-7-8-13(15)17-12-11-16-10-9-14;9-7-5-3-1-2-4-6(5)8(10)11-7/h14H,2-12H2,1H3;1-4H. The number of cyclic esters (lactones) is 2. The van der Waals surface area contributed by atoms with Crippen LogP contribution in [0.15, 0.2) is 24.3 Å². The summed E-state index contributed by atoms with van der Waals surface area (Å²) in [6.07, 6.45) is 7.53. The molecular weight excluding hydrogens is 364 g/mol. The number of rotatable bonds is 12. The van der Waals surface area contributed by atoms with Gasteiger partial charge in [0.2, 0.25) is 0 Å². The Balaban J connectivity index is 0.000000302. The largest absolute Gasteiger partial charge is 0.463 e. The molecule has 7 heteroatoms. The summed E-state index contributed by atoms with van der Waals surface area (Å²) in [6.45, 7) is 3.15.